The van der Waals surface area contributed by atoms with E-state index in [1.807, 2.05) is 0 Å². The zero-order valence-electron chi connectivity index (χ0n) is 11.2. The Kier molecular flexibility index (Phi) is 4.94. The second-order valence-electron chi connectivity index (χ2n) is 4.10. The molecule has 0 atom stereocenters. The molecule has 0 aliphatic rings. The number of nitrogens with zero attached hydrogens (tertiary/aromatic N) is 1. The second-order valence-corrected chi connectivity index (χ2v) is 5.02. The van der Waals surface area contributed by atoms with E-state index < -0.39 is 0 Å². The number of carbonyl (C=O) groups excluding carboxylic acids is 1. The summed E-state index contributed by atoms with van der Waals surface area (Å²) in [5.41, 5.74) is 3.34. The number of para-hydroxylation sites is 1. The van der Waals surface area contributed by atoms with Gasteiger partial charge in [0.25, 0.3) is 5.91 Å². The number of hydrogen-bond acceptors (Lipinski definition) is 4. The zero-order chi connectivity index (χ0) is 15.2. The van der Waals surface area contributed by atoms with Crippen molar-refractivity contribution in [3.05, 3.63) is 58.1 Å². The first kappa shape index (κ1) is 15.1. The van der Waals surface area contributed by atoms with Crippen LogP contribution in [-0.2, 0) is 0 Å². The standard InChI is InChI=1S/C15H13BrN2O3/c1-21-13-4-2-3-11(14(13)19)9-17-18-15(20)10-5-7-12(16)8-6-10/h2-9,19H,1H3,(H,18,20)/b17-9-. The zero-order valence-corrected chi connectivity index (χ0v) is 12.8. The van der Waals surface area contributed by atoms with Crippen LogP contribution in [0.1, 0.15) is 15.9 Å². The molecule has 0 fully saturated rings. The number of methoxy groups -OCH3 is 1. The predicted octanol–water partition coefficient (Wildman–Crippen LogP) is 2.93. The van der Waals surface area contributed by atoms with Crippen LogP contribution in [0.15, 0.2) is 52.0 Å². The highest BCUT2D eigenvalue weighted by Gasteiger charge is 2.06. The Morgan fingerprint density at radius 1 is 1.29 bits per heavy atom. The number of halogens is 1. The van der Waals surface area contributed by atoms with E-state index in [4.69, 9.17) is 4.74 Å². The highest BCUT2D eigenvalue weighted by Crippen LogP contribution is 2.27. The molecular formula is C15H13BrN2O3. The summed E-state index contributed by atoms with van der Waals surface area (Å²) in [6, 6.07) is 11.9. The van der Waals surface area contributed by atoms with Gasteiger partial charge >= 0.3 is 0 Å². The van der Waals surface area contributed by atoms with Crippen molar-refractivity contribution in [1.29, 1.82) is 0 Å². The number of benzene rings is 2. The fourth-order valence-electron chi connectivity index (χ4n) is 1.63. The highest BCUT2D eigenvalue weighted by atomic mass is 79.9. The Labute approximate surface area is 130 Å². The number of nitrogens with one attached hydrogen (secondary N) is 1. The molecule has 1 amide bonds. The SMILES string of the molecule is COc1cccc(/C=N\NC(=O)c2ccc(Br)cc2)c1O. The lowest BCUT2D eigenvalue weighted by molar-refractivity contribution is 0.0955. The maximum Gasteiger partial charge on any atom is 0.271 e. The average molecular weight is 349 g/mol. The molecule has 0 bridgehead atoms. The maximum absolute atomic E-state index is 11.8. The highest BCUT2D eigenvalue weighted by molar-refractivity contribution is 9.10. The molecule has 0 heterocycles. The molecule has 21 heavy (non-hydrogen) atoms. The van der Waals surface area contributed by atoms with Crippen molar-refractivity contribution in [2.45, 2.75) is 0 Å². The third-order valence-corrected chi connectivity index (χ3v) is 3.25. The lowest BCUT2D eigenvalue weighted by Crippen LogP contribution is -2.17. The summed E-state index contributed by atoms with van der Waals surface area (Å²) in [7, 11) is 1.46. The molecule has 2 rings (SSSR count). The number of aromatic hydroxyl groups is 1. The summed E-state index contributed by atoms with van der Waals surface area (Å²) in [5.74, 6) is -0.0130. The topological polar surface area (TPSA) is 70.9 Å². The molecule has 5 nitrogen and oxygen atoms in total. The van der Waals surface area contributed by atoms with Crippen LogP contribution in [0, 0.1) is 0 Å². The first-order valence-electron chi connectivity index (χ1n) is 6.06. The number of phenols is 1. The first-order valence-corrected chi connectivity index (χ1v) is 6.86. The van der Waals surface area contributed by atoms with Crippen LogP contribution in [0.2, 0.25) is 0 Å². The molecule has 0 unspecified atom stereocenters. The van der Waals surface area contributed by atoms with Gasteiger partial charge in [0.15, 0.2) is 11.5 Å². The normalized spacial score (nSPS) is 10.6. The Morgan fingerprint density at radius 2 is 2.00 bits per heavy atom. The predicted molar refractivity (Wildman–Crippen MR) is 83.9 cm³/mol. The fourth-order valence-corrected chi connectivity index (χ4v) is 1.90. The van der Waals surface area contributed by atoms with E-state index in [0.717, 1.165) is 4.47 Å². The van der Waals surface area contributed by atoms with Crippen LogP contribution in [0.25, 0.3) is 0 Å². The third-order valence-electron chi connectivity index (χ3n) is 2.73. The van der Waals surface area contributed by atoms with Gasteiger partial charge in [0, 0.05) is 15.6 Å². The van der Waals surface area contributed by atoms with E-state index in [1.54, 1.807) is 42.5 Å². The fraction of sp³-hybridized carbons (Fsp3) is 0.0667. The lowest BCUT2D eigenvalue weighted by Gasteiger charge is -2.05. The minimum atomic E-state index is -0.332. The van der Waals surface area contributed by atoms with Crippen molar-refractivity contribution in [2.75, 3.05) is 7.11 Å². The van der Waals surface area contributed by atoms with Gasteiger partial charge in [-0.2, -0.15) is 5.10 Å². The van der Waals surface area contributed by atoms with Crippen LogP contribution >= 0.6 is 15.9 Å². The Balaban J connectivity index is 2.05. The van der Waals surface area contributed by atoms with Gasteiger partial charge in [-0.15, -0.1) is 0 Å². The summed E-state index contributed by atoms with van der Waals surface area (Å²) in [6.45, 7) is 0. The molecule has 2 aromatic carbocycles. The average Bonchev–Trinajstić information content (AvgIpc) is 2.49. The van der Waals surface area contributed by atoms with E-state index in [-0.39, 0.29) is 11.7 Å². The molecule has 0 radical (unpaired) electrons. The van der Waals surface area contributed by atoms with Gasteiger partial charge in [0.2, 0.25) is 0 Å². The Hall–Kier alpha value is -2.34. The van der Waals surface area contributed by atoms with Crippen LogP contribution in [-0.4, -0.2) is 24.3 Å². The van der Waals surface area contributed by atoms with Crippen molar-refractivity contribution in [2.24, 2.45) is 5.10 Å². The minimum Gasteiger partial charge on any atom is -0.504 e. The number of hydrogen-bond donors (Lipinski definition) is 2. The van der Waals surface area contributed by atoms with Gasteiger partial charge in [0.1, 0.15) is 0 Å². The summed E-state index contributed by atoms with van der Waals surface area (Å²) >= 11 is 3.30. The molecular weight excluding hydrogens is 336 g/mol. The largest absolute Gasteiger partial charge is 0.504 e. The summed E-state index contributed by atoms with van der Waals surface area (Å²) in [4.78, 5) is 11.8. The quantitative estimate of drug-likeness (QED) is 0.659. The van der Waals surface area contributed by atoms with E-state index in [2.05, 4.69) is 26.5 Å². The van der Waals surface area contributed by atoms with Crippen LogP contribution < -0.4 is 10.2 Å². The van der Waals surface area contributed by atoms with Gasteiger partial charge in [-0.05, 0) is 36.4 Å². The molecule has 2 aromatic rings. The van der Waals surface area contributed by atoms with Gasteiger partial charge in [-0.1, -0.05) is 22.0 Å². The van der Waals surface area contributed by atoms with Crippen molar-refractivity contribution < 1.29 is 14.6 Å². The molecule has 6 heteroatoms. The molecule has 0 aromatic heterocycles. The number of amides is 1. The molecule has 108 valence electrons. The number of phenolic OH excluding ortho intramolecular Hbond substituents is 1. The Morgan fingerprint density at radius 3 is 2.67 bits per heavy atom. The van der Waals surface area contributed by atoms with E-state index in [1.165, 1.54) is 13.3 Å². The van der Waals surface area contributed by atoms with E-state index in [0.29, 0.717) is 16.9 Å². The molecule has 2 N–H and O–H groups in total. The summed E-state index contributed by atoms with van der Waals surface area (Å²) < 4.78 is 5.88. The Bertz CT molecular complexity index is 669. The van der Waals surface area contributed by atoms with Crippen molar-refractivity contribution in [3.63, 3.8) is 0 Å². The second kappa shape index (κ2) is 6.90. The van der Waals surface area contributed by atoms with Gasteiger partial charge in [0.05, 0.1) is 13.3 Å². The minimum absolute atomic E-state index is 0.0263. The monoisotopic (exact) mass is 348 g/mol. The van der Waals surface area contributed by atoms with E-state index >= 15 is 0 Å². The first-order chi connectivity index (χ1) is 10.1. The van der Waals surface area contributed by atoms with Gasteiger partial charge < -0.3 is 9.84 Å². The van der Waals surface area contributed by atoms with E-state index in [9.17, 15) is 9.90 Å². The lowest BCUT2D eigenvalue weighted by atomic mass is 10.2. The molecule has 0 saturated heterocycles. The molecule has 0 spiro atoms. The van der Waals surface area contributed by atoms with Gasteiger partial charge in [-0.3, -0.25) is 4.79 Å². The smallest absolute Gasteiger partial charge is 0.271 e. The van der Waals surface area contributed by atoms with Gasteiger partial charge in [-0.25, -0.2) is 5.43 Å². The van der Waals surface area contributed by atoms with Crippen LogP contribution in [0.4, 0.5) is 0 Å². The number of carbonyl (C=O) groups is 1. The van der Waals surface area contributed by atoms with Crippen molar-refractivity contribution in [1.82, 2.24) is 5.43 Å². The summed E-state index contributed by atoms with van der Waals surface area (Å²) in [6.07, 6.45) is 1.36. The molecule has 0 aliphatic carbocycles. The summed E-state index contributed by atoms with van der Waals surface area (Å²) in [5, 5.41) is 13.7. The number of hydrazone groups is 1. The molecule has 0 saturated carbocycles. The number of rotatable bonds is 4. The van der Waals surface area contributed by atoms with Crippen LogP contribution in [0.5, 0.6) is 11.5 Å². The molecule has 0 aliphatic heterocycles. The van der Waals surface area contributed by atoms with Crippen LogP contribution in [0.3, 0.4) is 0 Å². The van der Waals surface area contributed by atoms with Crippen molar-refractivity contribution in [3.8, 4) is 11.5 Å². The maximum atomic E-state index is 11.8. The van der Waals surface area contributed by atoms with Crippen molar-refractivity contribution >= 4 is 28.1 Å². The third kappa shape index (κ3) is 3.82. The number of ether oxygens (including phenoxy) is 1.